The summed E-state index contributed by atoms with van der Waals surface area (Å²) in [6, 6.07) is 0. The van der Waals surface area contributed by atoms with Gasteiger partial charge in [-0.1, -0.05) is 0 Å². The van der Waals surface area contributed by atoms with E-state index in [2.05, 4.69) is 14.8 Å². The van der Waals surface area contributed by atoms with Gasteiger partial charge in [-0.25, -0.2) is 18.1 Å². The van der Waals surface area contributed by atoms with Crippen molar-refractivity contribution in [1.29, 1.82) is 0 Å². The van der Waals surface area contributed by atoms with Gasteiger partial charge in [0.15, 0.2) is 5.65 Å². The van der Waals surface area contributed by atoms with Crippen LogP contribution in [0.1, 0.15) is 12.1 Å². The molecule has 0 atom stereocenters. The molecule has 2 rings (SSSR count). The Morgan fingerprint density at radius 2 is 2.11 bits per heavy atom. The molecule has 0 radical (unpaired) electrons. The minimum atomic E-state index is -3.15. The lowest BCUT2D eigenvalue weighted by molar-refractivity contribution is 0.576. The Hall–Kier alpha value is -1.61. The standard InChI is InChI=1S/C10H18N6O2S/c1-7-8-9(15(2)14-7)16(10(11)13-8)6-4-5-12-19(3,17)18/h12H,4-6H2,1-3H3,(H2,11,13). The molecule has 0 spiro atoms. The molecule has 0 aliphatic carbocycles. The second-order valence-electron chi connectivity index (χ2n) is 4.52. The molecule has 0 bridgehead atoms. The van der Waals surface area contributed by atoms with Crippen LogP contribution in [0.5, 0.6) is 0 Å². The average molecular weight is 286 g/mol. The molecule has 0 saturated carbocycles. The number of hydrogen-bond donors (Lipinski definition) is 2. The highest BCUT2D eigenvalue weighted by Crippen LogP contribution is 2.20. The Morgan fingerprint density at radius 1 is 1.42 bits per heavy atom. The van der Waals surface area contributed by atoms with Gasteiger partial charge in [0.2, 0.25) is 16.0 Å². The van der Waals surface area contributed by atoms with Crippen LogP contribution in [0.4, 0.5) is 5.95 Å². The van der Waals surface area contributed by atoms with E-state index in [1.54, 1.807) is 4.68 Å². The molecule has 19 heavy (non-hydrogen) atoms. The lowest BCUT2D eigenvalue weighted by Crippen LogP contribution is -2.24. The van der Waals surface area contributed by atoms with Gasteiger partial charge in [0.1, 0.15) is 5.52 Å². The summed E-state index contributed by atoms with van der Waals surface area (Å²) in [5.74, 6) is 0.422. The van der Waals surface area contributed by atoms with Gasteiger partial charge < -0.3 is 5.73 Å². The van der Waals surface area contributed by atoms with Crippen molar-refractivity contribution in [2.75, 3.05) is 18.5 Å². The lowest BCUT2D eigenvalue weighted by atomic mass is 10.4. The van der Waals surface area contributed by atoms with Crippen molar-refractivity contribution >= 4 is 27.1 Å². The second kappa shape index (κ2) is 4.82. The number of aryl methyl sites for hydroxylation is 3. The molecule has 0 amide bonds. The van der Waals surface area contributed by atoms with Crippen LogP contribution in [0, 0.1) is 6.92 Å². The summed E-state index contributed by atoms with van der Waals surface area (Å²) >= 11 is 0. The van der Waals surface area contributed by atoms with E-state index in [4.69, 9.17) is 5.73 Å². The smallest absolute Gasteiger partial charge is 0.208 e. The van der Waals surface area contributed by atoms with Crippen LogP contribution in [0.3, 0.4) is 0 Å². The Kier molecular flexibility index (Phi) is 3.50. The molecule has 0 aromatic carbocycles. The lowest BCUT2D eigenvalue weighted by Gasteiger charge is -2.07. The van der Waals surface area contributed by atoms with Crippen molar-refractivity contribution in [3.63, 3.8) is 0 Å². The molecule has 0 saturated heterocycles. The predicted molar refractivity (Wildman–Crippen MR) is 73.1 cm³/mol. The number of anilines is 1. The minimum absolute atomic E-state index is 0.370. The Bertz CT molecular complexity index is 699. The van der Waals surface area contributed by atoms with Gasteiger partial charge in [-0.3, -0.25) is 9.25 Å². The molecule has 2 aromatic rings. The zero-order valence-corrected chi connectivity index (χ0v) is 12.0. The van der Waals surface area contributed by atoms with Gasteiger partial charge in [0.05, 0.1) is 11.9 Å². The zero-order valence-electron chi connectivity index (χ0n) is 11.2. The number of hydrogen-bond acceptors (Lipinski definition) is 5. The molecule has 9 heteroatoms. The maximum absolute atomic E-state index is 11.0. The van der Waals surface area contributed by atoms with Crippen molar-refractivity contribution in [3.05, 3.63) is 5.69 Å². The van der Waals surface area contributed by atoms with Crippen molar-refractivity contribution < 1.29 is 8.42 Å². The summed E-state index contributed by atoms with van der Waals surface area (Å²) in [4.78, 5) is 4.28. The number of nitrogens with one attached hydrogen (secondary N) is 1. The molecule has 8 nitrogen and oxygen atoms in total. The van der Waals surface area contributed by atoms with Gasteiger partial charge in [-0.05, 0) is 13.3 Å². The van der Waals surface area contributed by atoms with Gasteiger partial charge >= 0.3 is 0 Å². The van der Waals surface area contributed by atoms with Gasteiger partial charge in [0, 0.05) is 20.1 Å². The van der Waals surface area contributed by atoms with Crippen molar-refractivity contribution in [2.24, 2.45) is 7.05 Å². The van der Waals surface area contributed by atoms with E-state index in [1.807, 2.05) is 18.5 Å². The van der Waals surface area contributed by atoms with Crippen molar-refractivity contribution in [3.8, 4) is 0 Å². The summed E-state index contributed by atoms with van der Waals surface area (Å²) in [7, 11) is -1.31. The molecular weight excluding hydrogens is 268 g/mol. The van der Waals surface area contributed by atoms with E-state index < -0.39 is 10.0 Å². The van der Waals surface area contributed by atoms with Gasteiger partial charge in [-0.2, -0.15) is 5.10 Å². The summed E-state index contributed by atoms with van der Waals surface area (Å²) in [6.07, 6.45) is 1.77. The zero-order chi connectivity index (χ0) is 14.2. The summed E-state index contributed by atoms with van der Waals surface area (Å²) in [5, 5.41) is 4.29. The number of rotatable bonds is 5. The first-order valence-electron chi connectivity index (χ1n) is 5.89. The van der Waals surface area contributed by atoms with Crippen molar-refractivity contribution in [2.45, 2.75) is 19.9 Å². The average Bonchev–Trinajstić information content (AvgIpc) is 2.73. The molecule has 106 valence electrons. The molecule has 3 N–H and O–H groups in total. The molecule has 0 aliphatic rings. The van der Waals surface area contributed by atoms with E-state index in [9.17, 15) is 8.42 Å². The maximum Gasteiger partial charge on any atom is 0.208 e. The third-order valence-electron chi connectivity index (χ3n) is 2.84. The highest BCUT2D eigenvalue weighted by molar-refractivity contribution is 7.88. The largest absolute Gasteiger partial charge is 0.369 e. The number of aromatic nitrogens is 4. The number of sulfonamides is 1. The highest BCUT2D eigenvalue weighted by atomic mass is 32.2. The van der Waals surface area contributed by atoms with Crippen molar-refractivity contribution in [1.82, 2.24) is 24.1 Å². The molecule has 2 heterocycles. The second-order valence-corrected chi connectivity index (χ2v) is 6.36. The predicted octanol–water partition coefficient (Wildman–Crippen LogP) is -0.400. The van der Waals surface area contributed by atoms with Gasteiger partial charge in [0.25, 0.3) is 0 Å². The number of nitrogens with zero attached hydrogens (tertiary/aromatic N) is 4. The molecule has 0 unspecified atom stereocenters. The first kappa shape index (κ1) is 13.8. The van der Waals surface area contributed by atoms with Crippen LogP contribution < -0.4 is 10.5 Å². The third kappa shape index (κ3) is 2.87. The monoisotopic (exact) mass is 286 g/mol. The number of nitrogen functional groups attached to an aromatic ring is 1. The quantitative estimate of drug-likeness (QED) is 0.727. The number of nitrogens with two attached hydrogens (primary N) is 1. The Labute approximate surface area is 111 Å². The minimum Gasteiger partial charge on any atom is -0.369 e. The van der Waals surface area contributed by atoms with Crippen LogP contribution in [-0.4, -0.2) is 40.5 Å². The maximum atomic E-state index is 11.0. The summed E-state index contributed by atoms with van der Waals surface area (Å²) in [5.41, 5.74) is 8.35. The fraction of sp³-hybridized carbons (Fsp3) is 0.600. The summed E-state index contributed by atoms with van der Waals surface area (Å²) < 4.78 is 27.9. The Morgan fingerprint density at radius 3 is 2.74 bits per heavy atom. The number of imidazole rings is 1. The molecule has 0 aliphatic heterocycles. The molecule has 2 aromatic heterocycles. The van der Waals surface area contributed by atoms with Crippen LogP contribution in [0.15, 0.2) is 0 Å². The van der Waals surface area contributed by atoms with Crippen LogP contribution in [0.25, 0.3) is 11.2 Å². The van der Waals surface area contributed by atoms with Gasteiger partial charge in [-0.15, -0.1) is 0 Å². The van der Waals surface area contributed by atoms with Crippen LogP contribution in [0.2, 0.25) is 0 Å². The normalized spacial score (nSPS) is 12.4. The first-order chi connectivity index (χ1) is 8.79. The highest BCUT2D eigenvalue weighted by Gasteiger charge is 2.15. The van der Waals surface area contributed by atoms with Crippen LogP contribution >= 0.6 is 0 Å². The van der Waals surface area contributed by atoms with E-state index in [-0.39, 0.29) is 0 Å². The summed E-state index contributed by atoms with van der Waals surface area (Å²) in [6.45, 7) is 2.84. The fourth-order valence-corrected chi connectivity index (χ4v) is 2.58. The number of fused-ring (bicyclic) bond motifs is 1. The topological polar surface area (TPSA) is 108 Å². The van der Waals surface area contributed by atoms with E-state index in [0.717, 1.165) is 23.1 Å². The van der Waals surface area contributed by atoms with E-state index >= 15 is 0 Å². The fourth-order valence-electron chi connectivity index (χ4n) is 2.07. The Balaban J connectivity index is 2.14. The van der Waals surface area contributed by atoms with E-state index in [0.29, 0.717) is 25.5 Å². The van der Waals surface area contributed by atoms with Crippen LogP contribution in [-0.2, 0) is 23.6 Å². The third-order valence-corrected chi connectivity index (χ3v) is 3.57. The molecule has 0 fully saturated rings. The van der Waals surface area contributed by atoms with E-state index in [1.165, 1.54) is 0 Å². The molecular formula is C10H18N6O2S. The SMILES string of the molecule is Cc1nn(C)c2c1nc(N)n2CCCNS(C)(=O)=O. The first-order valence-corrected chi connectivity index (χ1v) is 7.78.